The monoisotopic (exact) mass is 246 g/mol. The van der Waals surface area contributed by atoms with Crippen LogP contribution in [-0.4, -0.2) is 38.1 Å². The summed E-state index contributed by atoms with van der Waals surface area (Å²) in [6.07, 6.45) is 7.37. The first-order valence-corrected chi connectivity index (χ1v) is 7.87. The molecule has 0 aromatic carbocycles. The van der Waals surface area contributed by atoms with Gasteiger partial charge >= 0.3 is 0 Å². The predicted octanol–water partition coefficient (Wildman–Crippen LogP) is 0.931. The van der Waals surface area contributed by atoms with Crippen molar-refractivity contribution in [1.82, 2.24) is 4.31 Å². The Morgan fingerprint density at radius 2 is 1.62 bits per heavy atom. The lowest BCUT2D eigenvalue weighted by Crippen LogP contribution is -2.44. The zero-order valence-electron chi connectivity index (χ0n) is 9.82. The maximum atomic E-state index is 11.8. The van der Waals surface area contributed by atoms with E-state index in [4.69, 9.17) is 5.73 Å². The summed E-state index contributed by atoms with van der Waals surface area (Å²) < 4.78 is 25.3. The van der Waals surface area contributed by atoms with Crippen LogP contribution in [0, 0.1) is 5.41 Å². The molecule has 2 rings (SSSR count). The third kappa shape index (κ3) is 2.41. The van der Waals surface area contributed by atoms with Crippen molar-refractivity contribution in [2.45, 2.75) is 38.5 Å². The minimum atomic E-state index is -3.07. The Labute approximate surface area is 98.2 Å². The van der Waals surface area contributed by atoms with Gasteiger partial charge in [-0.2, -0.15) is 0 Å². The predicted molar refractivity (Wildman–Crippen MR) is 64.5 cm³/mol. The molecule has 0 bridgehead atoms. The molecule has 2 fully saturated rings. The molecular formula is C11H22N2O2S. The van der Waals surface area contributed by atoms with E-state index in [1.807, 2.05) is 0 Å². The van der Waals surface area contributed by atoms with Gasteiger partial charge in [-0.1, -0.05) is 12.8 Å². The SMILES string of the molecule is NCCS(=O)(=O)N1CCC2(CCCC2)CC1. The highest BCUT2D eigenvalue weighted by molar-refractivity contribution is 7.89. The smallest absolute Gasteiger partial charge is 0.215 e. The highest BCUT2D eigenvalue weighted by Crippen LogP contribution is 2.46. The molecule has 94 valence electrons. The largest absolute Gasteiger partial charge is 0.329 e. The molecule has 0 aromatic heterocycles. The highest BCUT2D eigenvalue weighted by atomic mass is 32.2. The molecule has 4 nitrogen and oxygen atoms in total. The molecule has 16 heavy (non-hydrogen) atoms. The van der Waals surface area contributed by atoms with Crippen molar-refractivity contribution in [3.63, 3.8) is 0 Å². The van der Waals surface area contributed by atoms with Crippen LogP contribution in [-0.2, 0) is 10.0 Å². The molecule has 1 aliphatic heterocycles. The summed E-state index contributed by atoms with van der Waals surface area (Å²) in [7, 11) is -3.07. The summed E-state index contributed by atoms with van der Waals surface area (Å²) in [4.78, 5) is 0. The fraction of sp³-hybridized carbons (Fsp3) is 1.00. The van der Waals surface area contributed by atoms with E-state index in [0.717, 1.165) is 12.8 Å². The Balaban J connectivity index is 1.94. The Kier molecular flexibility index (Phi) is 3.56. The summed E-state index contributed by atoms with van der Waals surface area (Å²) in [5.74, 6) is 0.0972. The summed E-state index contributed by atoms with van der Waals surface area (Å²) in [5.41, 5.74) is 5.81. The second-order valence-corrected chi connectivity index (χ2v) is 7.30. The van der Waals surface area contributed by atoms with Crippen molar-refractivity contribution in [1.29, 1.82) is 0 Å². The van der Waals surface area contributed by atoms with Crippen LogP contribution in [0.2, 0.25) is 0 Å². The lowest BCUT2D eigenvalue weighted by molar-refractivity contribution is 0.160. The van der Waals surface area contributed by atoms with Crippen molar-refractivity contribution >= 4 is 10.0 Å². The average Bonchev–Trinajstić information content (AvgIpc) is 2.67. The zero-order valence-corrected chi connectivity index (χ0v) is 10.6. The molecule has 2 N–H and O–H groups in total. The van der Waals surface area contributed by atoms with E-state index in [2.05, 4.69) is 0 Å². The van der Waals surface area contributed by atoms with Crippen LogP contribution in [0.5, 0.6) is 0 Å². The standard InChI is InChI=1S/C11H22N2O2S/c12-7-10-16(14,15)13-8-5-11(6-9-13)3-1-2-4-11/h1-10,12H2. The number of nitrogens with zero attached hydrogens (tertiary/aromatic N) is 1. The molecular weight excluding hydrogens is 224 g/mol. The molecule has 1 aliphatic carbocycles. The first kappa shape index (κ1) is 12.3. The fourth-order valence-electron chi connectivity index (χ4n) is 3.14. The van der Waals surface area contributed by atoms with E-state index >= 15 is 0 Å². The molecule has 0 unspecified atom stereocenters. The Hall–Kier alpha value is -0.130. The second-order valence-electron chi connectivity index (χ2n) is 5.21. The highest BCUT2D eigenvalue weighted by Gasteiger charge is 2.39. The minimum Gasteiger partial charge on any atom is -0.329 e. The van der Waals surface area contributed by atoms with E-state index in [0.29, 0.717) is 18.5 Å². The molecule has 0 atom stereocenters. The van der Waals surface area contributed by atoms with Crippen LogP contribution in [0.4, 0.5) is 0 Å². The quantitative estimate of drug-likeness (QED) is 0.806. The molecule has 0 radical (unpaired) electrons. The third-order valence-corrected chi connectivity index (χ3v) is 6.12. The Morgan fingerprint density at radius 1 is 1.06 bits per heavy atom. The van der Waals surface area contributed by atoms with Crippen LogP contribution in [0.25, 0.3) is 0 Å². The van der Waals surface area contributed by atoms with Crippen molar-refractivity contribution in [3.05, 3.63) is 0 Å². The Bertz CT molecular complexity index is 324. The third-order valence-electron chi connectivity index (χ3n) is 4.22. The molecule has 1 heterocycles. The van der Waals surface area contributed by atoms with Gasteiger partial charge in [0.1, 0.15) is 0 Å². The van der Waals surface area contributed by atoms with E-state index < -0.39 is 10.0 Å². The molecule has 2 aliphatic rings. The fourth-order valence-corrected chi connectivity index (χ4v) is 4.44. The van der Waals surface area contributed by atoms with E-state index in [9.17, 15) is 8.42 Å². The van der Waals surface area contributed by atoms with Gasteiger partial charge in [0.05, 0.1) is 5.75 Å². The van der Waals surface area contributed by atoms with Gasteiger partial charge in [-0.05, 0) is 31.1 Å². The normalized spacial score (nSPS) is 26.3. The molecule has 1 saturated heterocycles. The van der Waals surface area contributed by atoms with E-state index in [1.54, 1.807) is 4.31 Å². The van der Waals surface area contributed by atoms with Crippen LogP contribution in [0.3, 0.4) is 0 Å². The number of rotatable bonds is 3. The molecule has 5 heteroatoms. The summed E-state index contributed by atoms with van der Waals surface area (Å²) in [6.45, 7) is 1.65. The van der Waals surface area contributed by atoms with Crippen LogP contribution >= 0.6 is 0 Å². The number of piperidine rings is 1. The van der Waals surface area contributed by atoms with Crippen molar-refractivity contribution in [2.24, 2.45) is 11.1 Å². The molecule has 0 amide bonds. The van der Waals surface area contributed by atoms with Gasteiger partial charge in [-0.25, -0.2) is 12.7 Å². The van der Waals surface area contributed by atoms with Crippen LogP contribution < -0.4 is 5.73 Å². The van der Waals surface area contributed by atoms with Gasteiger partial charge < -0.3 is 5.73 Å². The first-order valence-electron chi connectivity index (χ1n) is 6.26. The van der Waals surface area contributed by atoms with Crippen LogP contribution in [0.1, 0.15) is 38.5 Å². The topological polar surface area (TPSA) is 63.4 Å². The van der Waals surface area contributed by atoms with Crippen molar-refractivity contribution in [3.8, 4) is 0 Å². The van der Waals surface area contributed by atoms with Gasteiger partial charge in [0.15, 0.2) is 0 Å². The summed E-state index contributed by atoms with van der Waals surface area (Å²) in [6, 6.07) is 0. The maximum Gasteiger partial charge on any atom is 0.215 e. The maximum absolute atomic E-state index is 11.8. The van der Waals surface area contributed by atoms with Gasteiger partial charge in [0, 0.05) is 19.6 Å². The number of nitrogens with two attached hydrogens (primary N) is 1. The first-order chi connectivity index (χ1) is 7.58. The minimum absolute atomic E-state index is 0.0972. The number of hydrogen-bond donors (Lipinski definition) is 1. The zero-order chi connectivity index (χ0) is 11.6. The van der Waals surface area contributed by atoms with E-state index in [1.165, 1.54) is 25.7 Å². The molecule has 1 saturated carbocycles. The van der Waals surface area contributed by atoms with E-state index in [-0.39, 0.29) is 12.3 Å². The lowest BCUT2D eigenvalue weighted by atomic mass is 9.78. The van der Waals surface area contributed by atoms with Crippen molar-refractivity contribution in [2.75, 3.05) is 25.4 Å². The van der Waals surface area contributed by atoms with Gasteiger partial charge in [-0.3, -0.25) is 0 Å². The molecule has 1 spiro atoms. The van der Waals surface area contributed by atoms with Gasteiger partial charge in [-0.15, -0.1) is 0 Å². The number of hydrogen-bond acceptors (Lipinski definition) is 3. The summed E-state index contributed by atoms with van der Waals surface area (Å²) in [5, 5.41) is 0. The van der Waals surface area contributed by atoms with Gasteiger partial charge in [0.2, 0.25) is 10.0 Å². The second kappa shape index (κ2) is 4.63. The lowest BCUT2D eigenvalue weighted by Gasteiger charge is -2.38. The molecule has 0 aromatic rings. The van der Waals surface area contributed by atoms with Crippen LogP contribution in [0.15, 0.2) is 0 Å². The number of sulfonamides is 1. The van der Waals surface area contributed by atoms with Crippen molar-refractivity contribution < 1.29 is 8.42 Å². The average molecular weight is 246 g/mol. The van der Waals surface area contributed by atoms with Gasteiger partial charge in [0.25, 0.3) is 0 Å². The Morgan fingerprint density at radius 3 is 2.12 bits per heavy atom. The summed E-state index contributed by atoms with van der Waals surface area (Å²) >= 11 is 0.